The van der Waals surface area contributed by atoms with Crippen molar-refractivity contribution in [3.63, 3.8) is 0 Å². The zero-order valence-electron chi connectivity index (χ0n) is 12.7. The Morgan fingerprint density at radius 1 is 1.40 bits per heavy atom. The van der Waals surface area contributed by atoms with Crippen LogP contribution in [0.2, 0.25) is 0 Å². The lowest BCUT2D eigenvalue weighted by molar-refractivity contribution is -0.0776. The Balaban J connectivity index is 2.16. The van der Waals surface area contributed by atoms with Crippen LogP contribution in [0.5, 0.6) is 0 Å². The first-order valence-corrected chi connectivity index (χ1v) is 7.93. The summed E-state index contributed by atoms with van der Waals surface area (Å²) in [4.78, 5) is 0. The van der Waals surface area contributed by atoms with Gasteiger partial charge in [0, 0.05) is 16.4 Å². The van der Waals surface area contributed by atoms with Gasteiger partial charge >= 0.3 is 0 Å². The monoisotopic (exact) mass is 340 g/mol. The Labute approximate surface area is 130 Å². The number of nitrogens with two attached hydrogens (primary N) is 1. The molecule has 0 amide bonds. The maximum atomic E-state index is 6.19. The molecule has 1 aromatic rings. The fourth-order valence-corrected chi connectivity index (χ4v) is 3.91. The first-order valence-electron chi connectivity index (χ1n) is 7.14. The van der Waals surface area contributed by atoms with E-state index in [-0.39, 0.29) is 17.2 Å². The van der Waals surface area contributed by atoms with Crippen LogP contribution >= 0.6 is 15.9 Å². The van der Waals surface area contributed by atoms with Crippen molar-refractivity contribution in [1.82, 2.24) is 5.43 Å². The van der Waals surface area contributed by atoms with E-state index in [1.54, 1.807) is 0 Å². The maximum Gasteiger partial charge on any atom is 0.0678 e. The molecule has 1 aliphatic heterocycles. The summed E-state index contributed by atoms with van der Waals surface area (Å²) in [6.45, 7) is 8.64. The smallest absolute Gasteiger partial charge is 0.0678 e. The molecule has 1 heterocycles. The summed E-state index contributed by atoms with van der Waals surface area (Å²) in [5.41, 5.74) is 4.05. The van der Waals surface area contributed by atoms with Crippen LogP contribution in [0.15, 0.2) is 28.7 Å². The van der Waals surface area contributed by atoms with Crippen LogP contribution in [0.1, 0.15) is 39.7 Å². The second kappa shape index (κ2) is 5.76. The highest BCUT2D eigenvalue weighted by Crippen LogP contribution is 2.44. The molecular weight excluding hydrogens is 316 g/mol. The van der Waals surface area contributed by atoms with Crippen LogP contribution in [0, 0.1) is 5.92 Å². The predicted molar refractivity (Wildman–Crippen MR) is 86.3 cm³/mol. The van der Waals surface area contributed by atoms with Gasteiger partial charge in [0.2, 0.25) is 0 Å². The van der Waals surface area contributed by atoms with Crippen molar-refractivity contribution in [2.45, 2.75) is 57.8 Å². The minimum atomic E-state index is -0.160. The number of hydrazine groups is 1. The molecule has 2 unspecified atom stereocenters. The molecule has 0 spiro atoms. The molecule has 4 heteroatoms. The summed E-state index contributed by atoms with van der Waals surface area (Å²) < 4.78 is 7.29. The first kappa shape index (κ1) is 16.0. The van der Waals surface area contributed by atoms with E-state index >= 15 is 0 Å². The second-order valence-electron chi connectivity index (χ2n) is 6.88. The van der Waals surface area contributed by atoms with Gasteiger partial charge in [-0.05, 0) is 58.2 Å². The van der Waals surface area contributed by atoms with Crippen LogP contribution < -0.4 is 11.3 Å². The van der Waals surface area contributed by atoms with Gasteiger partial charge in [0.25, 0.3) is 0 Å². The van der Waals surface area contributed by atoms with Gasteiger partial charge in [-0.3, -0.25) is 11.3 Å². The van der Waals surface area contributed by atoms with Crippen molar-refractivity contribution >= 4 is 15.9 Å². The average Bonchev–Trinajstić information content (AvgIpc) is 2.54. The molecule has 0 aromatic heterocycles. The van der Waals surface area contributed by atoms with E-state index in [1.807, 2.05) is 6.07 Å². The highest BCUT2D eigenvalue weighted by Gasteiger charge is 2.48. The van der Waals surface area contributed by atoms with Gasteiger partial charge in [-0.25, -0.2) is 0 Å². The standard InChI is InChI=1S/C16H25BrN2O/c1-15(2)10-13(16(3,4)20-15)14(19-18)9-11-6-5-7-12(17)8-11/h5-8,13-14,19H,9-10,18H2,1-4H3. The maximum absolute atomic E-state index is 6.19. The summed E-state index contributed by atoms with van der Waals surface area (Å²) in [5, 5.41) is 0. The van der Waals surface area contributed by atoms with Gasteiger partial charge in [-0.2, -0.15) is 0 Å². The van der Waals surface area contributed by atoms with Crippen LogP contribution in [0.4, 0.5) is 0 Å². The third-order valence-electron chi connectivity index (χ3n) is 4.19. The lowest BCUT2D eigenvalue weighted by Crippen LogP contribution is -2.48. The average molecular weight is 341 g/mol. The van der Waals surface area contributed by atoms with Crippen LogP contribution in [-0.2, 0) is 11.2 Å². The summed E-state index contributed by atoms with van der Waals surface area (Å²) in [6, 6.07) is 8.61. The molecule has 0 bridgehead atoms. The van der Waals surface area contributed by atoms with E-state index < -0.39 is 0 Å². The number of hydrogen-bond acceptors (Lipinski definition) is 3. The summed E-state index contributed by atoms with van der Waals surface area (Å²) >= 11 is 3.52. The molecular formula is C16H25BrN2O. The molecule has 1 fully saturated rings. The van der Waals surface area contributed by atoms with Gasteiger partial charge < -0.3 is 4.74 Å². The largest absolute Gasteiger partial charge is 0.369 e. The highest BCUT2D eigenvalue weighted by molar-refractivity contribution is 9.10. The Morgan fingerprint density at radius 3 is 2.60 bits per heavy atom. The summed E-state index contributed by atoms with van der Waals surface area (Å²) in [6.07, 6.45) is 1.92. The number of benzene rings is 1. The SMILES string of the molecule is CC1(C)CC(C(Cc2cccc(Br)c2)NN)C(C)(C)O1. The minimum Gasteiger partial charge on any atom is -0.369 e. The molecule has 20 heavy (non-hydrogen) atoms. The lowest BCUT2D eigenvalue weighted by Gasteiger charge is -2.32. The quantitative estimate of drug-likeness (QED) is 0.652. The van der Waals surface area contributed by atoms with Crippen molar-refractivity contribution in [3.05, 3.63) is 34.3 Å². The molecule has 2 rings (SSSR count). The molecule has 1 aliphatic rings. The summed E-state index contributed by atoms with van der Waals surface area (Å²) in [5.74, 6) is 6.22. The van der Waals surface area contributed by atoms with Crippen molar-refractivity contribution in [2.24, 2.45) is 11.8 Å². The molecule has 112 valence electrons. The van der Waals surface area contributed by atoms with E-state index in [1.165, 1.54) is 5.56 Å². The van der Waals surface area contributed by atoms with E-state index in [0.717, 1.165) is 17.3 Å². The van der Waals surface area contributed by atoms with Crippen LogP contribution in [0.25, 0.3) is 0 Å². The van der Waals surface area contributed by atoms with Gasteiger partial charge in [-0.1, -0.05) is 28.1 Å². The van der Waals surface area contributed by atoms with Gasteiger partial charge in [0.05, 0.1) is 11.2 Å². The molecule has 0 radical (unpaired) electrons. The van der Waals surface area contributed by atoms with Crippen LogP contribution in [-0.4, -0.2) is 17.2 Å². The summed E-state index contributed by atoms with van der Waals surface area (Å²) in [7, 11) is 0. The van der Waals surface area contributed by atoms with Gasteiger partial charge in [0.15, 0.2) is 0 Å². The fraction of sp³-hybridized carbons (Fsp3) is 0.625. The topological polar surface area (TPSA) is 47.3 Å². The zero-order valence-corrected chi connectivity index (χ0v) is 14.3. The Kier molecular flexibility index (Phi) is 4.59. The Bertz CT molecular complexity index is 473. The third-order valence-corrected chi connectivity index (χ3v) is 4.68. The normalized spacial score (nSPS) is 25.6. The highest BCUT2D eigenvalue weighted by atomic mass is 79.9. The fourth-order valence-electron chi connectivity index (χ4n) is 3.47. The van der Waals surface area contributed by atoms with E-state index in [9.17, 15) is 0 Å². The third kappa shape index (κ3) is 3.61. The molecule has 0 aliphatic carbocycles. The minimum absolute atomic E-state index is 0.0828. The number of halogens is 1. The Morgan fingerprint density at radius 2 is 2.10 bits per heavy atom. The van der Waals surface area contributed by atoms with Crippen LogP contribution in [0.3, 0.4) is 0 Å². The molecule has 3 nitrogen and oxygen atoms in total. The Hall–Kier alpha value is -0.420. The number of nitrogens with one attached hydrogen (secondary N) is 1. The van der Waals surface area contributed by atoms with Crippen molar-refractivity contribution in [1.29, 1.82) is 0 Å². The first-order chi connectivity index (χ1) is 9.23. The lowest BCUT2D eigenvalue weighted by atomic mass is 9.79. The molecule has 1 saturated heterocycles. The van der Waals surface area contributed by atoms with Gasteiger partial charge in [0.1, 0.15) is 0 Å². The number of rotatable bonds is 4. The van der Waals surface area contributed by atoms with Crippen molar-refractivity contribution in [2.75, 3.05) is 0 Å². The molecule has 2 atom stereocenters. The second-order valence-corrected chi connectivity index (χ2v) is 7.80. The zero-order chi connectivity index (χ0) is 15.0. The molecule has 0 saturated carbocycles. The van der Waals surface area contributed by atoms with Gasteiger partial charge in [-0.15, -0.1) is 0 Å². The van der Waals surface area contributed by atoms with E-state index in [0.29, 0.717) is 5.92 Å². The molecule has 1 aromatic carbocycles. The predicted octanol–water partition coefficient (Wildman–Crippen LogP) is 3.42. The van der Waals surface area contributed by atoms with E-state index in [2.05, 4.69) is 67.2 Å². The van der Waals surface area contributed by atoms with E-state index in [4.69, 9.17) is 10.6 Å². The number of hydrogen-bond donors (Lipinski definition) is 2. The van der Waals surface area contributed by atoms with Crippen molar-refractivity contribution in [3.8, 4) is 0 Å². The number of ether oxygens (including phenoxy) is 1. The molecule has 3 N–H and O–H groups in total. The van der Waals surface area contributed by atoms with Crippen molar-refractivity contribution < 1.29 is 4.74 Å².